The number of phenols is 1. The van der Waals surface area contributed by atoms with Crippen molar-refractivity contribution in [2.24, 2.45) is 28.7 Å². The summed E-state index contributed by atoms with van der Waals surface area (Å²) in [5, 5.41) is 37.3. The number of carbonyl (C=O) groups excluding carboxylic acids is 4. The number of Topliss-reactive ketones (excluding diaryl/α,β-unsaturated/α-hetero) is 2. The first-order valence-corrected chi connectivity index (χ1v) is 19.1. The molecular formula is C43H51N3O11. The molecule has 0 spiro atoms. The van der Waals surface area contributed by atoms with Gasteiger partial charge in [-0.2, -0.15) is 0 Å². The van der Waals surface area contributed by atoms with Crippen LogP contribution in [0.1, 0.15) is 87.2 Å². The van der Waals surface area contributed by atoms with Gasteiger partial charge >= 0.3 is 11.8 Å². The maximum Gasteiger partial charge on any atom is 0.312 e. The summed E-state index contributed by atoms with van der Waals surface area (Å²) >= 11 is 0. The molecule has 14 heteroatoms. The number of aliphatic imine (C=N–C) groups is 1. The van der Waals surface area contributed by atoms with Crippen LogP contribution >= 0.6 is 0 Å². The zero-order valence-electron chi connectivity index (χ0n) is 33.8. The quantitative estimate of drug-likeness (QED) is 0.303. The number of esters is 1. The average molecular weight is 786 g/mol. The largest absolute Gasteiger partial charge is 0.507 e. The van der Waals surface area contributed by atoms with Gasteiger partial charge in [-0.1, -0.05) is 45.9 Å². The summed E-state index contributed by atoms with van der Waals surface area (Å²) in [6.45, 7) is 14.6. The van der Waals surface area contributed by atoms with Crippen molar-refractivity contribution < 1.29 is 53.4 Å². The monoisotopic (exact) mass is 785 g/mol. The SMILES string of the molecule is CO[C@H]1/C=C/O[C@@]2(C)Oc3c(C)c(O)c4c(c3C2=O)C2=NC3C=C(C)C=CN3C2=C(NC(=O)/C(C)=C\C=C\[C@H](C)[C@H](O)[C@@H](C)[C@@H](O)[C@@H](C)[C@H](OC(C)=O)[C@@H]1C)C4=O. The molecule has 57 heavy (non-hydrogen) atoms. The van der Waals surface area contributed by atoms with E-state index in [9.17, 15) is 34.5 Å². The number of phenolic OH excluding ortho intramolecular Hbond substituents is 1. The molecule has 0 saturated carbocycles. The van der Waals surface area contributed by atoms with E-state index in [0.29, 0.717) is 0 Å². The van der Waals surface area contributed by atoms with E-state index in [0.717, 1.165) is 5.57 Å². The molecule has 10 atom stereocenters. The number of rotatable bonds is 2. The van der Waals surface area contributed by atoms with Crippen LogP contribution in [0.2, 0.25) is 0 Å². The summed E-state index contributed by atoms with van der Waals surface area (Å²) in [6, 6.07) is 0. The number of nitrogens with zero attached hydrogens (tertiary/aromatic N) is 2. The smallest absolute Gasteiger partial charge is 0.312 e. The highest BCUT2D eigenvalue weighted by Crippen LogP contribution is 2.50. The van der Waals surface area contributed by atoms with Crippen LogP contribution in [0, 0.1) is 30.6 Å². The number of hydrogen-bond acceptors (Lipinski definition) is 13. The standard InChI is InChI=1S/C43H51N3O11/c1-19-14-16-46-28(18-19)44-32-29-30-37(50)25(7)40-31(29)41(52)43(9,57-40)55-17-15-27(54-10)22(4)39(56-26(8)47)24(6)36(49)23(5)35(48)20(2)12-11-13-21(3)42(53)45-33(34(32)46)38(30)51/h11-18,20,22-24,27-28,35-36,39,48-50H,1-10H3,(H,45,53)/b12-11+,17-15+,21-13-/t20-,22+,23+,24+,27-,28?,35-,36+,39+,43-/m0/s1. The van der Waals surface area contributed by atoms with Crippen molar-refractivity contribution in [3.8, 4) is 11.5 Å². The number of methoxy groups -OCH3 is 1. The number of hydrogen-bond donors (Lipinski definition) is 4. The highest BCUT2D eigenvalue weighted by molar-refractivity contribution is 6.34. The van der Waals surface area contributed by atoms with Crippen molar-refractivity contribution in [2.45, 2.75) is 98.7 Å². The topological polar surface area (TPSA) is 194 Å². The first kappa shape index (κ1) is 41.3. The minimum atomic E-state index is -1.97. The van der Waals surface area contributed by atoms with Crippen molar-refractivity contribution in [3.05, 3.63) is 93.7 Å². The Labute approximate surface area is 331 Å². The van der Waals surface area contributed by atoms with Crippen molar-refractivity contribution in [3.63, 3.8) is 0 Å². The molecule has 1 amide bonds. The molecule has 304 valence electrons. The van der Waals surface area contributed by atoms with Crippen LogP contribution in [0.15, 0.2) is 76.5 Å². The fourth-order valence-electron chi connectivity index (χ4n) is 8.16. The van der Waals surface area contributed by atoms with Crippen LogP contribution in [-0.2, 0) is 23.8 Å². The second kappa shape index (κ2) is 15.6. The predicted octanol–water partition coefficient (Wildman–Crippen LogP) is 4.68. The second-order valence-corrected chi connectivity index (χ2v) is 15.7. The number of aromatic hydroxyl groups is 1. The maximum absolute atomic E-state index is 14.6. The van der Waals surface area contributed by atoms with Gasteiger partial charge in [0.2, 0.25) is 5.78 Å². The molecular weight excluding hydrogens is 734 g/mol. The number of fused-ring (bicyclic) bond motifs is 5. The fraction of sp³-hybridized carbons (Fsp3) is 0.465. The van der Waals surface area contributed by atoms with Gasteiger partial charge in [0.25, 0.3) is 11.7 Å². The van der Waals surface area contributed by atoms with Crippen LogP contribution < -0.4 is 10.1 Å². The number of amides is 1. The molecule has 4 N–H and O–H groups in total. The molecule has 1 aliphatic carbocycles. The summed E-state index contributed by atoms with van der Waals surface area (Å²) in [6.07, 6.45) is 8.65. The van der Waals surface area contributed by atoms with Crippen LogP contribution in [0.3, 0.4) is 0 Å². The van der Waals surface area contributed by atoms with Crippen LogP contribution in [-0.4, -0.2) is 92.9 Å². The predicted molar refractivity (Wildman–Crippen MR) is 209 cm³/mol. The number of nitrogens with one attached hydrogen (secondary N) is 1. The van der Waals surface area contributed by atoms with Gasteiger partial charge in [-0.05, 0) is 44.6 Å². The molecule has 4 aliphatic heterocycles. The third-order valence-electron chi connectivity index (χ3n) is 11.7. The molecule has 1 unspecified atom stereocenters. The fourth-order valence-corrected chi connectivity index (χ4v) is 8.16. The summed E-state index contributed by atoms with van der Waals surface area (Å²) in [4.78, 5) is 61.9. The maximum atomic E-state index is 14.6. The van der Waals surface area contributed by atoms with E-state index in [2.05, 4.69) is 5.32 Å². The molecule has 5 bridgehead atoms. The van der Waals surface area contributed by atoms with Crippen LogP contribution in [0.25, 0.3) is 0 Å². The summed E-state index contributed by atoms with van der Waals surface area (Å²) in [5.41, 5.74) is 1.40. The van der Waals surface area contributed by atoms with E-state index in [4.69, 9.17) is 23.9 Å². The Balaban J connectivity index is 1.51. The lowest BCUT2D eigenvalue weighted by Gasteiger charge is -2.38. The van der Waals surface area contributed by atoms with E-state index < -0.39 is 89.2 Å². The van der Waals surface area contributed by atoms with Crippen molar-refractivity contribution >= 4 is 29.2 Å². The first-order valence-electron chi connectivity index (χ1n) is 19.1. The number of allylic oxidation sites excluding steroid dienone is 6. The van der Waals surface area contributed by atoms with E-state index in [1.165, 1.54) is 46.3 Å². The highest BCUT2D eigenvalue weighted by atomic mass is 16.7. The summed E-state index contributed by atoms with van der Waals surface area (Å²) in [7, 11) is 1.46. The molecule has 1 aromatic carbocycles. The molecule has 0 aromatic heterocycles. The van der Waals surface area contributed by atoms with Gasteiger partial charge < -0.3 is 44.5 Å². The summed E-state index contributed by atoms with van der Waals surface area (Å²) in [5.74, 6) is -7.35. The third kappa shape index (κ3) is 7.14. The van der Waals surface area contributed by atoms with E-state index in [1.54, 1.807) is 57.9 Å². The summed E-state index contributed by atoms with van der Waals surface area (Å²) < 4.78 is 23.8. The lowest BCUT2D eigenvalue weighted by Crippen LogP contribution is -2.46. The molecule has 0 fully saturated rings. The van der Waals surface area contributed by atoms with Crippen LogP contribution in [0.5, 0.6) is 11.5 Å². The Bertz CT molecular complexity index is 2130. The van der Waals surface area contributed by atoms with E-state index in [-0.39, 0.29) is 50.7 Å². The number of ether oxygens (including phenoxy) is 4. The Hall–Kier alpha value is -5.31. The Morgan fingerprint density at radius 1 is 0.982 bits per heavy atom. The zero-order chi connectivity index (χ0) is 41.8. The molecule has 5 aliphatic rings. The van der Waals surface area contributed by atoms with Gasteiger partial charge in [0.1, 0.15) is 29.5 Å². The Kier molecular flexibility index (Phi) is 11.3. The lowest BCUT2D eigenvalue weighted by molar-refractivity contribution is -0.160. The van der Waals surface area contributed by atoms with E-state index >= 15 is 0 Å². The Morgan fingerprint density at radius 3 is 2.35 bits per heavy atom. The lowest BCUT2D eigenvalue weighted by atomic mass is 9.78. The number of ketones is 2. The van der Waals surface area contributed by atoms with Gasteiger partial charge in [-0.3, -0.25) is 24.2 Å². The van der Waals surface area contributed by atoms with Gasteiger partial charge in [0, 0.05) is 67.5 Å². The first-order chi connectivity index (χ1) is 26.8. The van der Waals surface area contributed by atoms with Gasteiger partial charge in [-0.15, -0.1) is 0 Å². The molecule has 6 rings (SSSR count). The zero-order valence-corrected chi connectivity index (χ0v) is 33.8. The molecule has 14 nitrogen and oxygen atoms in total. The van der Waals surface area contributed by atoms with Gasteiger partial charge in [0.15, 0.2) is 0 Å². The van der Waals surface area contributed by atoms with E-state index in [1.807, 2.05) is 19.1 Å². The highest BCUT2D eigenvalue weighted by Gasteiger charge is 2.53. The van der Waals surface area contributed by atoms with Gasteiger partial charge in [0.05, 0.1) is 47.1 Å². The Morgan fingerprint density at radius 2 is 1.68 bits per heavy atom. The van der Waals surface area contributed by atoms with Gasteiger partial charge in [-0.25, -0.2) is 0 Å². The minimum Gasteiger partial charge on any atom is -0.507 e. The normalized spacial score (nSPS) is 34.9. The number of carbonyl (C=O) groups is 4. The second-order valence-electron chi connectivity index (χ2n) is 15.7. The molecule has 1 aromatic rings. The minimum absolute atomic E-state index is 0.00815. The number of aliphatic hydroxyl groups is 2. The van der Waals surface area contributed by atoms with Crippen LogP contribution in [0.4, 0.5) is 0 Å². The molecule has 4 heterocycles. The average Bonchev–Trinajstić information content (AvgIpc) is 3.67. The third-order valence-corrected chi connectivity index (χ3v) is 11.7. The number of benzene rings is 1. The number of aliphatic hydroxyl groups excluding tert-OH is 2. The molecule has 0 saturated heterocycles. The van der Waals surface area contributed by atoms with Crippen molar-refractivity contribution in [1.29, 1.82) is 0 Å². The van der Waals surface area contributed by atoms with Crippen molar-refractivity contribution in [1.82, 2.24) is 10.2 Å². The van der Waals surface area contributed by atoms with Crippen molar-refractivity contribution in [2.75, 3.05) is 7.11 Å². The molecule has 0 radical (unpaired) electrons.